The molecule has 0 radical (unpaired) electrons. The van der Waals surface area contributed by atoms with Crippen LogP contribution in [0.5, 0.6) is 0 Å². The van der Waals surface area contributed by atoms with E-state index in [2.05, 4.69) is 4.90 Å². The number of carbonyl (C=O) groups is 2. The van der Waals surface area contributed by atoms with Crippen LogP contribution in [-0.4, -0.2) is 74.6 Å². The van der Waals surface area contributed by atoms with Crippen molar-refractivity contribution in [2.75, 3.05) is 49.9 Å². The molecule has 8 nitrogen and oxygen atoms in total. The minimum atomic E-state index is -3.39. The summed E-state index contributed by atoms with van der Waals surface area (Å²) in [6, 6.07) is 12.2. The van der Waals surface area contributed by atoms with Crippen LogP contribution in [0.4, 0.5) is 11.4 Å². The van der Waals surface area contributed by atoms with E-state index in [1.54, 1.807) is 36.1 Å². The van der Waals surface area contributed by atoms with E-state index in [-0.39, 0.29) is 17.7 Å². The molecule has 2 amide bonds. The Morgan fingerprint density at radius 2 is 1.64 bits per heavy atom. The van der Waals surface area contributed by atoms with E-state index in [0.29, 0.717) is 74.0 Å². The first kappa shape index (κ1) is 29.4. The molecule has 0 atom stereocenters. The minimum Gasteiger partial charge on any atom is -0.399 e. The Labute approximate surface area is 237 Å². The molecule has 2 aromatic carbocycles. The number of hydrogen-bond donors (Lipinski definition) is 1. The molecule has 2 saturated heterocycles. The second-order valence-corrected chi connectivity index (χ2v) is 13.3. The number of rotatable bonds is 8. The number of nitrogens with two attached hydrogens (primary N) is 1. The molecular weight excluding hydrogens is 536 g/mol. The highest BCUT2D eigenvalue weighted by Gasteiger charge is 2.32. The second-order valence-electron chi connectivity index (χ2n) is 10.7. The fourth-order valence-electron chi connectivity index (χ4n) is 5.52. The molecule has 2 fully saturated rings. The average Bonchev–Trinajstić information content (AvgIpc) is 2.93. The van der Waals surface area contributed by atoms with E-state index in [1.807, 2.05) is 30.0 Å². The quantitative estimate of drug-likeness (QED) is 0.475. The summed E-state index contributed by atoms with van der Waals surface area (Å²) in [7, 11) is -3.39. The first-order chi connectivity index (χ1) is 18.6. The van der Waals surface area contributed by atoms with Gasteiger partial charge in [0.05, 0.1) is 10.1 Å². The lowest BCUT2D eigenvalue weighted by Gasteiger charge is -2.35. The van der Waals surface area contributed by atoms with Crippen molar-refractivity contribution in [3.05, 3.63) is 53.1 Å². The van der Waals surface area contributed by atoms with Crippen LogP contribution in [-0.2, 0) is 19.4 Å². The van der Waals surface area contributed by atoms with Gasteiger partial charge in [0.25, 0.3) is 0 Å². The number of sulfone groups is 1. The van der Waals surface area contributed by atoms with Gasteiger partial charge in [0.2, 0.25) is 11.8 Å². The normalized spacial score (nSPS) is 17.8. The van der Waals surface area contributed by atoms with Crippen LogP contribution in [0.1, 0.15) is 44.6 Å². The van der Waals surface area contributed by atoms with Gasteiger partial charge in [0.15, 0.2) is 9.84 Å². The van der Waals surface area contributed by atoms with E-state index in [1.165, 1.54) is 0 Å². The topological polar surface area (TPSA) is 104 Å². The molecule has 2 heterocycles. The van der Waals surface area contributed by atoms with E-state index in [4.69, 9.17) is 17.3 Å². The fraction of sp³-hybridized carbons (Fsp3) is 0.517. The standard InChI is InChI=1S/C29H39ClN4O4S/c1-21-4-7-25(20-28(21)30)34(29(36)23-10-18-33(19-11-23)22(2)35)15-3-14-32-16-12-27(13-17-32)39(37,38)26-8-5-24(31)6-9-26/h4-9,20,23,27H,3,10-19,31H2,1-2H3. The third-order valence-corrected chi connectivity index (χ3v) is 10.7. The van der Waals surface area contributed by atoms with Crippen LogP contribution in [0.25, 0.3) is 0 Å². The number of likely N-dealkylation sites (tertiary alicyclic amines) is 2. The van der Waals surface area contributed by atoms with Gasteiger partial charge in [0.1, 0.15) is 0 Å². The maximum atomic E-state index is 13.7. The zero-order valence-corrected chi connectivity index (χ0v) is 24.4. The lowest BCUT2D eigenvalue weighted by atomic mass is 9.94. The molecule has 2 N–H and O–H groups in total. The summed E-state index contributed by atoms with van der Waals surface area (Å²) in [5.74, 6) is -0.00510. The third kappa shape index (κ3) is 7.13. The van der Waals surface area contributed by atoms with Gasteiger partial charge in [-0.1, -0.05) is 17.7 Å². The molecule has 2 aliphatic heterocycles. The monoisotopic (exact) mass is 574 g/mol. The van der Waals surface area contributed by atoms with E-state index in [0.717, 1.165) is 24.2 Å². The lowest BCUT2D eigenvalue weighted by Crippen LogP contribution is -2.45. The number of anilines is 2. The molecule has 0 unspecified atom stereocenters. The third-order valence-electron chi connectivity index (χ3n) is 8.06. The van der Waals surface area contributed by atoms with Gasteiger partial charge in [-0.15, -0.1) is 0 Å². The molecule has 0 spiro atoms. The van der Waals surface area contributed by atoms with E-state index in [9.17, 15) is 18.0 Å². The highest BCUT2D eigenvalue weighted by Crippen LogP contribution is 2.29. The van der Waals surface area contributed by atoms with Crippen LogP contribution in [0.2, 0.25) is 5.02 Å². The molecule has 2 aliphatic rings. The Bertz CT molecular complexity index is 1270. The van der Waals surface area contributed by atoms with Gasteiger partial charge in [-0.2, -0.15) is 0 Å². The first-order valence-corrected chi connectivity index (χ1v) is 15.6. The molecule has 10 heteroatoms. The molecular formula is C29H39ClN4O4S. The highest BCUT2D eigenvalue weighted by molar-refractivity contribution is 7.92. The van der Waals surface area contributed by atoms with Crippen molar-refractivity contribution in [1.82, 2.24) is 9.80 Å². The van der Waals surface area contributed by atoms with Crippen molar-refractivity contribution >= 4 is 44.6 Å². The number of hydrogen-bond acceptors (Lipinski definition) is 6. The predicted molar refractivity (Wildman–Crippen MR) is 156 cm³/mol. The van der Waals surface area contributed by atoms with Crippen LogP contribution in [0.3, 0.4) is 0 Å². The van der Waals surface area contributed by atoms with Crippen molar-refractivity contribution < 1.29 is 18.0 Å². The Kier molecular flexibility index (Phi) is 9.56. The first-order valence-electron chi connectivity index (χ1n) is 13.7. The average molecular weight is 575 g/mol. The number of nitrogen functional groups attached to an aromatic ring is 1. The maximum Gasteiger partial charge on any atom is 0.230 e. The molecule has 0 bridgehead atoms. The number of amides is 2. The number of carbonyl (C=O) groups excluding carboxylic acids is 2. The molecule has 212 valence electrons. The molecule has 0 saturated carbocycles. The Morgan fingerprint density at radius 3 is 2.23 bits per heavy atom. The molecule has 0 aromatic heterocycles. The summed E-state index contributed by atoms with van der Waals surface area (Å²) in [4.78, 5) is 31.6. The summed E-state index contributed by atoms with van der Waals surface area (Å²) in [6.45, 7) is 7.44. The highest BCUT2D eigenvalue weighted by atomic mass is 35.5. The zero-order chi connectivity index (χ0) is 28.2. The van der Waals surface area contributed by atoms with E-state index >= 15 is 0 Å². The van der Waals surface area contributed by atoms with Gasteiger partial charge < -0.3 is 20.4 Å². The van der Waals surface area contributed by atoms with Gasteiger partial charge in [-0.3, -0.25) is 9.59 Å². The second kappa shape index (κ2) is 12.7. The lowest BCUT2D eigenvalue weighted by molar-refractivity contribution is -0.133. The summed E-state index contributed by atoms with van der Waals surface area (Å²) >= 11 is 6.41. The van der Waals surface area contributed by atoms with Gasteiger partial charge in [-0.05, 0) is 101 Å². The minimum absolute atomic E-state index is 0.0492. The Hall–Kier alpha value is -2.62. The number of piperidine rings is 2. The van der Waals surface area contributed by atoms with E-state index < -0.39 is 15.1 Å². The summed E-state index contributed by atoms with van der Waals surface area (Å²) in [5.41, 5.74) is 8.01. The SMILES string of the molecule is CC(=O)N1CCC(C(=O)N(CCCN2CCC(S(=O)(=O)c3ccc(N)cc3)CC2)c2ccc(C)c(Cl)c2)CC1. The van der Waals surface area contributed by atoms with Crippen molar-refractivity contribution in [2.45, 2.75) is 56.1 Å². The van der Waals surface area contributed by atoms with Crippen molar-refractivity contribution in [3.8, 4) is 0 Å². The van der Waals surface area contributed by atoms with Gasteiger partial charge in [0, 0.05) is 48.9 Å². The van der Waals surface area contributed by atoms with Crippen LogP contribution in [0, 0.1) is 12.8 Å². The van der Waals surface area contributed by atoms with Crippen LogP contribution >= 0.6 is 11.6 Å². The van der Waals surface area contributed by atoms with Gasteiger partial charge >= 0.3 is 0 Å². The fourth-order valence-corrected chi connectivity index (χ4v) is 7.43. The van der Waals surface area contributed by atoms with Crippen molar-refractivity contribution in [3.63, 3.8) is 0 Å². The largest absolute Gasteiger partial charge is 0.399 e. The molecule has 39 heavy (non-hydrogen) atoms. The molecule has 2 aromatic rings. The van der Waals surface area contributed by atoms with Gasteiger partial charge in [-0.25, -0.2) is 8.42 Å². The summed E-state index contributed by atoms with van der Waals surface area (Å²) < 4.78 is 26.1. The number of aryl methyl sites for hydroxylation is 1. The van der Waals surface area contributed by atoms with Crippen molar-refractivity contribution in [1.29, 1.82) is 0 Å². The zero-order valence-electron chi connectivity index (χ0n) is 22.8. The predicted octanol–water partition coefficient (Wildman–Crippen LogP) is 4.15. The number of benzene rings is 2. The Morgan fingerprint density at radius 1 is 1.00 bits per heavy atom. The summed E-state index contributed by atoms with van der Waals surface area (Å²) in [5, 5.41) is 0.229. The number of halogens is 1. The number of nitrogens with zero attached hydrogens (tertiary/aromatic N) is 3. The smallest absolute Gasteiger partial charge is 0.230 e. The van der Waals surface area contributed by atoms with Crippen molar-refractivity contribution in [2.24, 2.45) is 5.92 Å². The van der Waals surface area contributed by atoms with Crippen LogP contribution in [0.15, 0.2) is 47.4 Å². The molecule has 4 rings (SSSR count). The molecule has 0 aliphatic carbocycles. The van der Waals surface area contributed by atoms with Crippen LogP contribution < -0.4 is 10.6 Å². The summed E-state index contributed by atoms with van der Waals surface area (Å²) in [6.07, 6.45) is 3.24. The maximum absolute atomic E-state index is 13.7. The Balaban J connectivity index is 1.35.